The minimum atomic E-state index is -0.451. The van der Waals surface area contributed by atoms with E-state index in [1.807, 2.05) is 0 Å². The zero-order valence-corrected chi connectivity index (χ0v) is 14.0. The van der Waals surface area contributed by atoms with Crippen LogP contribution in [-0.2, 0) is 19.1 Å². The highest BCUT2D eigenvalue weighted by atomic mass is 16.5. The van der Waals surface area contributed by atoms with Crippen molar-refractivity contribution in [3.8, 4) is 0 Å². The summed E-state index contributed by atoms with van der Waals surface area (Å²) < 4.78 is 11.1. The lowest BCUT2D eigenvalue weighted by atomic mass is 9.94. The average Bonchev–Trinajstić information content (AvgIpc) is 2.56. The molecule has 2 amide bonds. The summed E-state index contributed by atoms with van der Waals surface area (Å²) >= 11 is 0. The van der Waals surface area contributed by atoms with Crippen molar-refractivity contribution in [1.29, 1.82) is 0 Å². The van der Waals surface area contributed by atoms with Crippen molar-refractivity contribution in [2.45, 2.75) is 50.4 Å². The van der Waals surface area contributed by atoms with Crippen LogP contribution in [0, 0.1) is 5.92 Å². The lowest BCUT2D eigenvalue weighted by Crippen LogP contribution is -2.53. The molecule has 2 N–H and O–H groups in total. The Labute approximate surface area is 137 Å². The number of ether oxygens (including phenoxy) is 2. The zero-order chi connectivity index (χ0) is 16.8. The minimum Gasteiger partial charge on any atom is -0.394 e. The van der Waals surface area contributed by atoms with Crippen LogP contribution in [0.5, 0.6) is 0 Å². The fraction of sp³-hybridized carbons (Fsp3) is 0.875. The van der Waals surface area contributed by atoms with E-state index < -0.39 is 6.10 Å². The molecule has 0 spiro atoms. The van der Waals surface area contributed by atoms with Crippen molar-refractivity contribution < 1.29 is 24.2 Å². The average molecular weight is 328 g/mol. The summed E-state index contributed by atoms with van der Waals surface area (Å²) in [5, 5.41) is 12.6. The standard InChI is InChI=1S/C16H28N2O5/c1-18(2)15(20)9-12-3-4-13(14(10-19)23-12)17-16(21)11-5-7-22-8-6-11/h11-14,19H,3-10H2,1-2H3,(H,17,21)/t12-,13+,14-/m0/s1. The van der Waals surface area contributed by atoms with E-state index in [2.05, 4.69) is 5.32 Å². The number of aliphatic hydroxyl groups excluding tert-OH is 1. The smallest absolute Gasteiger partial charge is 0.224 e. The molecule has 3 atom stereocenters. The van der Waals surface area contributed by atoms with Gasteiger partial charge >= 0.3 is 0 Å². The van der Waals surface area contributed by atoms with Gasteiger partial charge in [-0.2, -0.15) is 0 Å². The lowest BCUT2D eigenvalue weighted by Gasteiger charge is -2.37. The molecule has 2 aliphatic heterocycles. The molecule has 0 saturated carbocycles. The Balaban J connectivity index is 1.84. The second-order valence-corrected chi connectivity index (χ2v) is 6.55. The number of aliphatic hydroxyl groups is 1. The first-order valence-corrected chi connectivity index (χ1v) is 8.35. The fourth-order valence-corrected chi connectivity index (χ4v) is 3.08. The second kappa shape index (κ2) is 8.61. The molecule has 23 heavy (non-hydrogen) atoms. The molecule has 2 saturated heterocycles. The fourth-order valence-electron chi connectivity index (χ4n) is 3.08. The van der Waals surface area contributed by atoms with Crippen LogP contribution in [-0.4, -0.2) is 74.0 Å². The minimum absolute atomic E-state index is 0.0105. The van der Waals surface area contributed by atoms with Gasteiger partial charge in [-0.05, 0) is 25.7 Å². The molecule has 0 bridgehead atoms. The highest BCUT2D eigenvalue weighted by Gasteiger charge is 2.34. The maximum absolute atomic E-state index is 12.3. The van der Waals surface area contributed by atoms with Crippen LogP contribution in [0.1, 0.15) is 32.1 Å². The molecule has 2 fully saturated rings. The molecule has 0 aliphatic carbocycles. The van der Waals surface area contributed by atoms with Crippen molar-refractivity contribution in [1.82, 2.24) is 10.2 Å². The molecule has 132 valence electrons. The second-order valence-electron chi connectivity index (χ2n) is 6.55. The third kappa shape index (κ3) is 5.16. The Morgan fingerprint density at radius 1 is 1.17 bits per heavy atom. The molecular formula is C16H28N2O5. The third-order valence-electron chi connectivity index (χ3n) is 4.62. The number of amides is 2. The Hall–Kier alpha value is -1.18. The molecule has 0 radical (unpaired) electrons. The monoisotopic (exact) mass is 328 g/mol. The number of nitrogens with zero attached hydrogens (tertiary/aromatic N) is 1. The van der Waals surface area contributed by atoms with Gasteiger partial charge in [0.1, 0.15) is 6.10 Å². The summed E-state index contributed by atoms with van der Waals surface area (Å²) in [5.41, 5.74) is 0. The topological polar surface area (TPSA) is 88.1 Å². The predicted octanol–water partition coefficient (Wildman–Crippen LogP) is -0.0840. The number of hydrogen-bond acceptors (Lipinski definition) is 5. The summed E-state index contributed by atoms with van der Waals surface area (Å²) in [4.78, 5) is 25.6. The van der Waals surface area contributed by atoms with Gasteiger partial charge in [0.25, 0.3) is 0 Å². The molecule has 0 aromatic rings. The van der Waals surface area contributed by atoms with E-state index in [0.29, 0.717) is 32.5 Å². The summed E-state index contributed by atoms with van der Waals surface area (Å²) in [6, 6.07) is -0.193. The first kappa shape index (κ1) is 18.2. The van der Waals surface area contributed by atoms with Crippen molar-refractivity contribution in [3.63, 3.8) is 0 Å². The maximum Gasteiger partial charge on any atom is 0.224 e. The van der Waals surface area contributed by atoms with Gasteiger partial charge in [-0.25, -0.2) is 0 Å². The number of carbonyl (C=O) groups excluding carboxylic acids is 2. The maximum atomic E-state index is 12.3. The van der Waals surface area contributed by atoms with Crippen LogP contribution in [0.15, 0.2) is 0 Å². The van der Waals surface area contributed by atoms with E-state index in [0.717, 1.165) is 12.8 Å². The van der Waals surface area contributed by atoms with Crippen molar-refractivity contribution >= 4 is 11.8 Å². The number of rotatable bonds is 5. The highest BCUT2D eigenvalue weighted by molar-refractivity contribution is 5.79. The zero-order valence-electron chi connectivity index (χ0n) is 14.0. The number of carbonyl (C=O) groups is 2. The van der Waals surface area contributed by atoms with E-state index in [4.69, 9.17) is 9.47 Å². The molecule has 7 nitrogen and oxygen atoms in total. The lowest BCUT2D eigenvalue weighted by molar-refractivity contribution is -0.142. The summed E-state index contributed by atoms with van der Waals surface area (Å²) in [6.45, 7) is 1.08. The van der Waals surface area contributed by atoms with E-state index in [9.17, 15) is 14.7 Å². The largest absolute Gasteiger partial charge is 0.394 e. The Bertz CT molecular complexity index is 409. The molecule has 0 aromatic heterocycles. The van der Waals surface area contributed by atoms with Crippen molar-refractivity contribution in [3.05, 3.63) is 0 Å². The van der Waals surface area contributed by atoms with E-state index in [1.54, 1.807) is 14.1 Å². The van der Waals surface area contributed by atoms with E-state index >= 15 is 0 Å². The van der Waals surface area contributed by atoms with E-state index in [-0.39, 0.29) is 36.5 Å². The highest BCUT2D eigenvalue weighted by Crippen LogP contribution is 2.23. The summed E-state index contributed by atoms with van der Waals surface area (Å²) in [5.74, 6) is 0.00989. The SMILES string of the molecule is CN(C)C(=O)C[C@@H]1CC[C@@H](NC(=O)C2CCOCC2)[C@H](CO)O1. The molecule has 7 heteroatoms. The van der Waals surface area contributed by atoms with Crippen molar-refractivity contribution in [2.75, 3.05) is 33.9 Å². The number of hydrogen-bond donors (Lipinski definition) is 2. The Morgan fingerprint density at radius 3 is 2.48 bits per heavy atom. The van der Waals surface area contributed by atoms with Gasteiger partial charge < -0.3 is 24.8 Å². The van der Waals surface area contributed by atoms with Gasteiger partial charge in [-0.1, -0.05) is 0 Å². The van der Waals surface area contributed by atoms with Crippen molar-refractivity contribution in [2.24, 2.45) is 5.92 Å². The quantitative estimate of drug-likeness (QED) is 0.737. The Kier molecular flexibility index (Phi) is 6.80. The molecule has 0 unspecified atom stereocenters. The van der Waals surface area contributed by atoms with Gasteiger partial charge in [0.15, 0.2) is 0 Å². The van der Waals surface area contributed by atoms with Gasteiger partial charge in [-0.3, -0.25) is 9.59 Å². The van der Waals surface area contributed by atoms with Gasteiger partial charge in [0.05, 0.1) is 25.2 Å². The summed E-state index contributed by atoms with van der Waals surface area (Å²) in [6.07, 6.45) is 2.56. The van der Waals surface area contributed by atoms with Gasteiger partial charge in [0.2, 0.25) is 11.8 Å². The van der Waals surface area contributed by atoms with Gasteiger partial charge in [0, 0.05) is 33.2 Å². The van der Waals surface area contributed by atoms with Crippen LogP contribution in [0.3, 0.4) is 0 Å². The van der Waals surface area contributed by atoms with Crippen LogP contribution in [0.2, 0.25) is 0 Å². The van der Waals surface area contributed by atoms with Crippen LogP contribution in [0.4, 0.5) is 0 Å². The van der Waals surface area contributed by atoms with Crippen LogP contribution < -0.4 is 5.32 Å². The van der Waals surface area contributed by atoms with Gasteiger partial charge in [-0.15, -0.1) is 0 Å². The normalized spacial score (nSPS) is 29.1. The summed E-state index contributed by atoms with van der Waals surface area (Å²) in [7, 11) is 3.43. The Morgan fingerprint density at radius 2 is 1.87 bits per heavy atom. The predicted molar refractivity (Wildman–Crippen MR) is 83.8 cm³/mol. The first-order chi connectivity index (χ1) is 11.0. The third-order valence-corrected chi connectivity index (χ3v) is 4.62. The van der Waals surface area contributed by atoms with Crippen LogP contribution >= 0.6 is 0 Å². The van der Waals surface area contributed by atoms with E-state index in [1.165, 1.54) is 4.90 Å². The number of nitrogens with one attached hydrogen (secondary N) is 1. The molecule has 2 aliphatic rings. The van der Waals surface area contributed by atoms with Crippen LogP contribution in [0.25, 0.3) is 0 Å². The first-order valence-electron chi connectivity index (χ1n) is 8.35. The molecular weight excluding hydrogens is 300 g/mol. The molecule has 2 heterocycles. The molecule has 2 rings (SSSR count). The molecule has 0 aromatic carbocycles.